The summed E-state index contributed by atoms with van der Waals surface area (Å²) in [5.74, 6) is -1.02. The summed E-state index contributed by atoms with van der Waals surface area (Å²) in [5, 5.41) is 17.1. The first-order valence-electron chi connectivity index (χ1n) is 3.63. The summed E-state index contributed by atoms with van der Waals surface area (Å²) in [6, 6.07) is 6.04. The second-order valence-corrected chi connectivity index (χ2v) is 2.54. The number of carboxylic acid groups (broad SMARTS) is 1. The number of hydrogen-bond acceptors (Lipinski definition) is 4. The van der Waals surface area contributed by atoms with Crippen molar-refractivity contribution in [2.45, 2.75) is 6.17 Å². The fraction of sp³-hybridized carbons (Fsp3) is 0.125. The summed E-state index contributed by atoms with van der Waals surface area (Å²) in [5.41, 5.74) is 7.90. The lowest BCUT2D eigenvalue weighted by Crippen LogP contribution is -2.25. The van der Waals surface area contributed by atoms with Crippen LogP contribution in [-0.4, -0.2) is 16.3 Å². The Bertz CT molecular complexity index is 314. The highest BCUT2D eigenvalue weighted by Gasteiger charge is 2.07. The molecule has 0 aliphatic heterocycles. The van der Waals surface area contributed by atoms with Gasteiger partial charge in [0, 0.05) is 0 Å². The Kier molecular flexibility index (Phi) is 2.97. The van der Waals surface area contributed by atoms with Crippen molar-refractivity contribution in [3.63, 3.8) is 0 Å². The zero-order valence-electron chi connectivity index (χ0n) is 6.77. The zero-order chi connectivity index (χ0) is 9.84. The van der Waals surface area contributed by atoms with Gasteiger partial charge in [-0.15, -0.1) is 0 Å². The van der Waals surface area contributed by atoms with Crippen LogP contribution in [0.1, 0.15) is 22.1 Å². The molecule has 0 saturated heterocycles. The maximum absolute atomic E-state index is 10.5. The van der Waals surface area contributed by atoms with E-state index in [1.807, 2.05) is 5.48 Å². The molecular formula is C8H10N2O3. The Morgan fingerprint density at radius 1 is 1.54 bits per heavy atom. The quantitative estimate of drug-likeness (QED) is 0.399. The highest BCUT2D eigenvalue weighted by Crippen LogP contribution is 2.09. The molecule has 1 unspecified atom stereocenters. The van der Waals surface area contributed by atoms with E-state index in [9.17, 15) is 4.79 Å². The normalized spacial score (nSPS) is 12.5. The number of carboxylic acids is 1. The lowest BCUT2D eigenvalue weighted by Gasteiger charge is -2.09. The lowest BCUT2D eigenvalue weighted by atomic mass is 10.1. The monoisotopic (exact) mass is 182 g/mol. The Hall–Kier alpha value is -1.43. The Morgan fingerprint density at radius 2 is 2.23 bits per heavy atom. The van der Waals surface area contributed by atoms with Gasteiger partial charge in [0.05, 0.1) is 5.56 Å². The second-order valence-electron chi connectivity index (χ2n) is 2.54. The van der Waals surface area contributed by atoms with Crippen LogP contribution in [0.2, 0.25) is 0 Å². The number of aromatic carboxylic acids is 1. The van der Waals surface area contributed by atoms with Crippen LogP contribution in [0, 0.1) is 0 Å². The average Bonchev–Trinajstić information content (AvgIpc) is 2.17. The van der Waals surface area contributed by atoms with E-state index in [0.29, 0.717) is 5.56 Å². The molecule has 0 radical (unpaired) electrons. The van der Waals surface area contributed by atoms with E-state index in [4.69, 9.17) is 16.0 Å². The van der Waals surface area contributed by atoms with Crippen LogP contribution < -0.4 is 11.2 Å². The number of rotatable bonds is 3. The van der Waals surface area contributed by atoms with Gasteiger partial charge < -0.3 is 16.0 Å². The zero-order valence-corrected chi connectivity index (χ0v) is 6.77. The first-order valence-corrected chi connectivity index (χ1v) is 3.63. The molecule has 0 bridgehead atoms. The van der Waals surface area contributed by atoms with Gasteiger partial charge in [-0.3, -0.25) is 0 Å². The molecule has 1 rings (SSSR count). The average molecular weight is 182 g/mol. The largest absolute Gasteiger partial charge is 0.478 e. The topological polar surface area (TPSA) is 95.6 Å². The van der Waals surface area contributed by atoms with E-state index in [1.54, 1.807) is 12.1 Å². The predicted molar refractivity (Wildman–Crippen MR) is 45.3 cm³/mol. The smallest absolute Gasteiger partial charge is 0.335 e. The van der Waals surface area contributed by atoms with E-state index in [-0.39, 0.29) is 5.56 Å². The van der Waals surface area contributed by atoms with Gasteiger partial charge in [-0.25, -0.2) is 4.79 Å². The third kappa shape index (κ3) is 2.25. The summed E-state index contributed by atoms with van der Waals surface area (Å²) in [6.07, 6.45) is -0.765. The number of nitrogens with one attached hydrogen (secondary N) is 1. The van der Waals surface area contributed by atoms with Crippen molar-refractivity contribution in [2.75, 3.05) is 0 Å². The van der Waals surface area contributed by atoms with Crippen molar-refractivity contribution < 1.29 is 15.1 Å². The van der Waals surface area contributed by atoms with E-state index >= 15 is 0 Å². The fourth-order valence-corrected chi connectivity index (χ4v) is 0.940. The van der Waals surface area contributed by atoms with E-state index in [2.05, 4.69) is 0 Å². The summed E-state index contributed by atoms with van der Waals surface area (Å²) >= 11 is 0. The van der Waals surface area contributed by atoms with E-state index < -0.39 is 12.1 Å². The third-order valence-electron chi connectivity index (χ3n) is 1.63. The highest BCUT2D eigenvalue weighted by atomic mass is 16.5. The van der Waals surface area contributed by atoms with Crippen LogP contribution in [-0.2, 0) is 0 Å². The van der Waals surface area contributed by atoms with E-state index in [1.165, 1.54) is 12.1 Å². The van der Waals surface area contributed by atoms with Crippen molar-refractivity contribution >= 4 is 5.97 Å². The molecule has 1 aromatic carbocycles. The van der Waals surface area contributed by atoms with Crippen LogP contribution in [0.5, 0.6) is 0 Å². The molecule has 0 spiro atoms. The van der Waals surface area contributed by atoms with Gasteiger partial charge in [-0.1, -0.05) is 12.1 Å². The number of nitrogens with two attached hydrogens (primary N) is 1. The second kappa shape index (κ2) is 3.99. The van der Waals surface area contributed by atoms with Gasteiger partial charge in [-0.2, -0.15) is 5.48 Å². The summed E-state index contributed by atoms with van der Waals surface area (Å²) in [7, 11) is 0. The first-order chi connectivity index (χ1) is 6.15. The maximum Gasteiger partial charge on any atom is 0.335 e. The van der Waals surface area contributed by atoms with Crippen molar-refractivity contribution in [2.24, 2.45) is 5.73 Å². The van der Waals surface area contributed by atoms with Gasteiger partial charge >= 0.3 is 5.97 Å². The number of hydrogen-bond donors (Lipinski definition) is 4. The standard InChI is InChI=1S/C8H10N2O3/c9-7(10-13)5-2-1-3-6(4-5)8(11)12/h1-4,7,10,13H,9H2,(H,11,12). The van der Waals surface area contributed by atoms with Crippen LogP contribution in [0.3, 0.4) is 0 Å². The molecule has 5 heteroatoms. The van der Waals surface area contributed by atoms with Gasteiger partial charge in [0.1, 0.15) is 6.17 Å². The minimum atomic E-state index is -1.02. The molecule has 0 heterocycles. The molecular weight excluding hydrogens is 172 g/mol. The molecule has 5 nitrogen and oxygen atoms in total. The molecule has 1 aromatic rings. The molecule has 1 atom stereocenters. The molecule has 13 heavy (non-hydrogen) atoms. The van der Waals surface area contributed by atoms with Crippen molar-refractivity contribution in [3.05, 3.63) is 35.4 Å². The number of benzene rings is 1. The lowest BCUT2D eigenvalue weighted by molar-refractivity contribution is 0.0696. The van der Waals surface area contributed by atoms with Crippen LogP contribution in [0.25, 0.3) is 0 Å². The van der Waals surface area contributed by atoms with E-state index in [0.717, 1.165) is 0 Å². The minimum Gasteiger partial charge on any atom is -0.478 e. The van der Waals surface area contributed by atoms with Crippen molar-refractivity contribution in [3.8, 4) is 0 Å². The van der Waals surface area contributed by atoms with Gasteiger partial charge in [0.2, 0.25) is 0 Å². The van der Waals surface area contributed by atoms with Gasteiger partial charge in [0.15, 0.2) is 0 Å². The molecule has 0 saturated carbocycles. The Balaban J connectivity index is 2.98. The Labute approximate surface area is 74.8 Å². The molecule has 0 fully saturated rings. The molecule has 70 valence electrons. The van der Waals surface area contributed by atoms with Crippen molar-refractivity contribution in [1.82, 2.24) is 5.48 Å². The molecule has 0 aliphatic rings. The van der Waals surface area contributed by atoms with Crippen LogP contribution in [0.15, 0.2) is 24.3 Å². The first kappa shape index (κ1) is 9.66. The van der Waals surface area contributed by atoms with Gasteiger partial charge in [0.25, 0.3) is 0 Å². The Morgan fingerprint density at radius 3 is 2.77 bits per heavy atom. The minimum absolute atomic E-state index is 0.142. The maximum atomic E-state index is 10.5. The summed E-state index contributed by atoms with van der Waals surface area (Å²) in [6.45, 7) is 0. The predicted octanol–water partition coefficient (Wildman–Crippen LogP) is 0.321. The number of carbonyl (C=O) groups is 1. The fourth-order valence-electron chi connectivity index (χ4n) is 0.940. The SMILES string of the molecule is NC(NO)c1cccc(C(=O)O)c1. The molecule has 0 amide bonds. The summed E-state index contributed by atoms with van der Waals surface area (Å²) < 4.78 is 0. The third-order valence-corrected chi connectivity index (χ3v) is 1.63. The molecule has 0 aliphatic carbocycles. The van der Waals surface area contributed by atoms with Crippen LogP contribution >= 0.6 is 0 Å². The van der Waals surface area contributed by atoms with Crippen LogP contribution in [0.4, 0.5) is 0 Å². The highest BCUT2D eigenvalue weighted by molar-refractivity contribution is 5.87. The number of hydroxylamine groups is 1. The molecule has 0 aromatic heterocycles. The van der Waals surface area contributed by atoms with Gasteiger partial charge in [-0.05, 0) is 17.7 Å². The molecule has 5 N–H and O–H groups in total. The summed E-state index contributed by atoms with van der Waals surface area (Å²) in [4.78, 5) is 10.5. The van der Waals surface area contributed by atoms with Crippen molar-refractivity contribution in [1.29, 1.82) is 0 Å².